The number of aryl methyl sites for hydroxylation is 2. The molecule has 0 unspecified atom stereocenters. The zero-order chi connectivity index (χ0) is 18.0. The third kappa shape index (κ3) is 4.29. The monoisotopic (exact) mass is 380 g/mol. The molecule has 0 amide bonds. The van der Waals surface area contributed by atoms with Gasteiger partial charge >= 0.3 is 0 Å². The molecule has 25 heavy (non-hydrogen) atoms. The summed E-state index contributed by atoms with van der Waals surface area (Å²) in [7, 11) is -3.65. The van der Waals surface area contributed by atoms with Crippen molar-refractivity contribution in [1.29, 1.82) is 0 Å². The Bertz CT molecular complexity index is 880. The SMILES string of the molecule is Cc1cc(CNS(=O)(=O)c2ccc(C)c(Cl)c2)nc(N2CCCC2)n1. The number of nitrogens with zero attached hydrogens (tertiary/aromatic N) is 3. The summed E-state index contributed by atoms with van der Waals surface area (Å²) in [5, 5.41) is 0.428. The highest BCUT2D eigenvalue weighted by Crippen LogP contribution is 2.20. The van der Waals surface area contributed by atoms with Crippen molar-refractivity contribution in [2.45, 2.75) is 38.1 Å². The van der Waals surface area contributed by atoms with Crippen LogP contribution >= 0.6 is 11.6 Å². The highest BCUT2D eigenvalue weighted by Gasteiger charge is 2.18. The average Bonchev–Trinajstić information content (AvgIpc) is 3.09. The number of rotatable bonds is 5. The fourth-order valence-corrected chi connectivity index (χ4v) is 4.03. The number of nitrogens with one attached hydrogen (secondary N) is 1. The molecule has 6 nitrogen and oxygen atoms in total. The minimum absolute atomic E-state index is 0.109. The lowest BCUT2D eigenvalue weighted by atomic mass is 10.2. The van der Waals surface area contributed by atoms with Crippen molar-refractivity contribution < 1.29 is 8.42 Å². The van der Waals surface area contributed by atoms with Crippen molar-refractivity contribution in [3.05, 3.63) is 46.2 Å². The molecule has 1 N–H and O–H groups in total. The van der Waals surface area contributed by atoms with E-state index in [4.69, 9.17) is 11.6 Å². The molecule has 1 aromatic carbocycles. The van der Waals surface area contributed by atoms with Crippen molar-refractivity contribution >= 4 is 27.6 Å². The van der Waals surface area contributed by atoms with Crippen molar-refractivity contribution in [3.63, 3.8) is 0 Å². The number of hydrogen-bond acceptors (Lipinski definition) is 5. The Hall–Kier alpha value is -1.70. The largest absolute Gasteiger partial charge is 0.341 e. The summed E-state index contributed by atoms with van der Waals surface area (Å²) >= 11 is 6.03. The molecule has 0 atom stereocenters. The standard InChI is InChI=1S/C17H21ClN4O2S/c1-12-5-6-15(10-16(12)18)25(23,24)19-11-14-9-13(2)20-17(21-14)22-7-3-4-8-22/h5-6,9-10,19H,3-4,7-8,11H2,1-2H3. The van der Waals surface area contributed by atoms with Crippen LogP contribution in [0.1, 0.15) is 29.8 Å². The van der Waals surface area contributed by atoms with E-state index in [0.717, 1.165) is 37.2 Å². The minimum Gasteiger partial charge on any atom is -0.341 e. The van der Waals surface area contributed by atoms with Gasteiger partial charge in [0.15, 0.2) is 0 Å². The van der Waals surface area contributed by atoms with Gasteiger partial charge in [-0.3, -0.25) is 0 Å². The van der Waals surface area contributed by atoms with Crippen molar-refractivity contribution in [1.82, 2.24) is 14.7 Å². The Balaban J connectivity index is 1.77. The molecule has 0 spiro atoms. The van der Waals surface area contributed by atoms with Crippen LogP contribution < -0.4 is 9.62 Å². The topological polar surface area (TPSA) is 75.2 Å². The van der Waals surface area contributed by atoms with Gasteiger partial charge in [0.1, 0.15) is 0 Å². The third-order valence-electron chi connectivity index (χ3n) is 4.18. The van der Waals surface area contributed by atoms with Crippen LogP contribution in [-0.2, 0) is 16.6 Å². The average molecular weight is 381 g/mol. The molecule has 1 aliphatic rings. The van der Waals surface area contributed by atoms with E-state index in [0.29, 0.717) is 16.7 Å². The molecule has 2 aromatic rings. The third-order valence-corrected chi connectivity index (χ3v) is 5.99. The Labute approximate surface area is 153 Å². The van der Waals surface area contributed by atoms with E-state index < -0.39 is 10.0 Å². The molecular formula is C17H21ClN4O2S. The lowest BCUT2D eigenvalue weighted by molar-refractivity contribution is 0.580. The van der Waals surface area contributed by atoms with Gasteiger partial charge in [0.25, 0.3) is 0 Å². The highest BCUT2D eigenvalue weighted by atomic mass is 35.5. The van der Waals surface area contributed by atoms with Gasteiger partial charge in [0, 0.05) is 23.8 Å². The lowest BCUT2D eigenvalue weighted by Gasteiger charge is -2.16. The molecule has 0 aliphatic carbocycles. The summed E-state index contributed by atoms with van der Waals surface area (Å²) in [6.07, 6.45) is 2.26. The van der Waals surface area contributed by atoms with Gasteiger partial charge in [-0.1, -0.05) is 17.7 Å². The van der Waals surface area contributed by atoms with Crippen molar-refractivity contribution in [3.8, 4) is 0 Å². The minimum atomic E-state index is -3.65. The number of hydrogen-bond donors (Lipinski definition) is 1. The van der Waals surface area contributed by atoms with E-state index in [1.165, 1.54) is 6.07 Å². The summed E-state index contributed by atoms with van der Waals surface area (Å²) < 4.78 is 27.5. The molecule has 3 rings (SSSR count). The second-order valence-corrected chi connectivity index (χ2v) is 8.40. The van der Waals surface area contributed by atoms with Gasteiger partial charge in [-0.05, 0) is 50.5 Å². The summed E-state index contributed by atoms with van der Waals surface area (Å²) in [6, 6.07) is 6.49. The Morgan fingerprint density at radius 3 is 2.56 bits per heavy atom. The quantitative estimate of drug-likeness (QED) is 0.863. The van der Waals surface area contributed by atoms with E-state index >= 15 is 0 Å². The fourth-order valence-electron chi connectivity index (χ4n) is 2.76. The Morgan fingerprint density at radius 2 is 1.88 bits per heavy atom. The van der Waals surface area contributed by atoms with Crippen LogP contribution in [0.3, 0.4) is 0 Å². The Morgan fingerprint density at radius 1 is 1.16 bits per heavy atom. The van der Waals surface area contributed by atoms with E-state index in [9.17, 15) is 8.42 Å². The van der Waals surface area contributed by atoms with Crippen LogP contribution in [0, 0.1) is 13.8 Å². The molecule has 2 heterocycles. The first kappa shape index (κ1) is 18.1. The second kappa shape index (κ2) is 7.27. The van der Waals surface area contributed by atoms with Crippen LogP contribution in [0.25, 0.3) is 0 Å². The highest BCUT2D eigenvalue weighted by molar-refractivity contribution is 7.89. The predicted octanol–water partition coefficient (Wildman–Crippen LogP) is 2.83. The van der Waals surface area contributed by atoms with Crippen molar-refractivity contribution in [2.75, 3.05) is 18.0 Å². The first-order chi connectivity index (χ1) is 11.8. The number of halogens is 1. The molecule has 0 radical (unpaired) electrons. The molecule has 1 saturated heterocycles. The predicted molar refractivity (Wildman–Crippen MR) is 98.4 cm³/mol. The maximum atomic E-state index is 12.5. The molecule has 0 saturated carbocycles. The molecule has 134 valence electrons. The van der Waals surface area contributed by atoms with Gasteiger partial charge in [0.05, 0.1) is 17.1 Å². The lowest BCUT2D eigenvalue weighted by Crippen LogP contribution is -2.25. The molecule has 8 heteroatoms. The van der Waals surface area contributed by atoms with E-state index in [2.05, 4.69) is 19.6 Å². The summed E-state index contributed by atoms with van der Waals surface area (Å²) in [6.45, 7) is 5.71. The normalized spacial score (nSPS) is 14.9. The van der Waals surface area contributed by atoms with Crippen LogP contribution in [0.4, 0.5) is 5.95 Å². The van der Waals surface area contributed by atoms with E-state index in [1.54, 1.807) is 18.2 Å². The van der Waals surface area contributed by atoms with Crippen molar-refractivity contribution in [2.24, 2.45) is 0 Å². The van der Waals surface area contributed by atoms with Gasteiger partial charge in [-0.2, -0.15) is 0 Å². The van der Waals surface area contributed by atoms with Gasteiger partial charge < -0.3 is 4.90 Å². The van der Waals surface area contributed by atoms with Gasteiger partial charge in [-0.25, -0.2) is 23.1 Å². The second-order valence-electron chi connectivity index (χ2n) is 6.23. The zero-order valence-electron chi connectivity index (χ0n) is 14.3. The maximum absolute atomic E-state index is 12.5. The van der Waals surface area contributed by atoms with Crippen LogP contribution in [0.15, 0.2) is 29.2 Å². The molecule has 1 aromatic heterocycles. The fraction of sp³-hybridized carbons (Fsp3) is 0.412. The number of aromatic nitrogens is 2. The molecule has 0 bridgehead atoms. The molecule has 1 aliphatic heterocycles. The Kier molecular flexibility index (Phi) is 5.27. The molecular weight excluding hydrogens is 360 g/mol. The van der Waals surface area contributed by atoms with Crippen LogP contribution in [-0.4, -0.2) is 31.5 Å². The number of benzene rings is 1. The maximum Gasteiger partial charge on any atom is 0.240 e. The smallest absolute Gasteiger partial charge is 0.240 e. The van der Waals surface area contributed by atoms with Gasteiger partial charge in [-0.15, -0.1) is 0 Å². The number of sulfonamides is 1. The first-order valence-corrected chi connectivity index (χ1v) is 10.1. The summed E-state index contributed by atoms with van der Waals surface area (Å²) in [5.74, 6) is 0.671. The first-order valence-electron chi connectivity index (χ1n) is 8.20. The van der Waals surface area contributed by atoms with Gasteiger partial charge in [0.2, 0.25) is 16.0 Å². The van der Waals surface area contributed by atoms with Crippen LogP contribution in [0.2, 0.25) is 5.02 Å². The summed E-state index contributed by atoms with van der Waals surface area (Å²) in [4.78, 5) is 11.2. The number of anilines is 1. The van der Waals surface area contributed by atoms with E-state index in [1.807, 2.05) is 13.8 Å². The molecule has 1 fully saturated rings. The zero-order valence-corrected chi connectivity index (χ0v) is 15.9. The van der Waals surface area contributed by atoms with E-state index in [-0.39, 0.29) is 11.4 Å². The van der Waals surface area contributed by atoms with Crippen LogP contribution in [0.5, 0.6) is 0 Å². The summed E-state index contributed by atoms with van der Waals surface area (Å²) in [5.41, 5.74) is 2.31.